The van der Waals surface area contributed by atoms with Crippen LogP contribution >= 0.6 is 0 Å². The van der Waals surface area contributed by atoms with Crippen molar-refractivity contribution in [2.75, 3.05) is 0 Å². The molecule has 0 unspecified atom stereocenters. The first-order valence-electron chi connectivity index (χ1n) is 6.26. The fourth-order valence-corrected chi connectivity index (χ4v) is 1.40. The van der Waals surface area contributed by atoms with Crippen molar-refractivity contribution in [1.29, 1.82) is 0 Å². The van der Waals surface area contributed by atoms with E-state index < -0.39 is 0 Å². The minimum atomic E-state index is 0.844. The predicted molar refractivity (Wildman–Crippen MR) is 76.0 cm³/mol. The predicted octanol–water partition coefficient (Wildman–Crippen LogP) is 4.16. The van der Waals surface area contributed by atoms with Crippen molar-refractivity contribution >= 4 is 0 Å². The lowest BCUT2D eigenvalue weighted by molar-refractivity contribution is 0.732. The maximum absolute atomic E-state index is 4.29. The lowest BCUT2D eigenvalue weighted by atomic mass is 10.2. The minimum Gasteiger partial charge on any atom is -0.331 e. The van der Waals surface area contributed by atoms with Crippen LogP contribution in [0, 0.1) is 0 Å². The molecule has 94 valence electrons. The van der Waals surface area contributed by atoms with Crippen LogP contribution in [-0.4, -0.2) is 9.55 Å². The summed E-state index contributed by atoms with van der Waals surface area (Å²) < 4.78 is 2.15. The highest BCUT2D eigenvalue weighted by Crippen LogP contribution is 2.05. The summed E-state index contributed by atoms with van der Waals surface area (Å²) in [6, 6.07) is 0. The van der Waals surface area contributed by atoms with Crippen molar-refractivity contribution in [1.82, 2.24) is 9.55 Å². The number of hydrogen-bond donors (Lipinski definition) is 0. The molecule has 1 aromatic heterocycles. The number of hydrogen-bond acceptors (Lipinski definition) is 1. The molecule has 0 aliphatic rings. The second kappa shape index (κ2) is 9.64. The molecule has 2 heteroatoms. The van der Waals surface area contributed by atoms with Gasteiger partial charge in [0.15, 0.2) is 0 Å². The van der Waals surface area contributed by atoms with Crippen molar-refractivity contribution in [2.45, 2.75) is 40.7 Å². The van der Waals surface area contributed by atoms with E-state index in [0.717, 1.165) is 18.8 Å². The van der Waals surface area contributed by atoms with E-state index in [1.807, 2.05) is 51.4 Å². The highest BCUT2D eigenvalue weighted by molar-refractivity contribution is 5.22. The monoisotopic (exact) mass is 232 g/mol. The standard InChI is InChI=1S/C13H18N2.C2H6/c1-4-7-8-12(5-2)11-15-10-9-14-13(15)6-3;1-2/h4-5,7-10H,2,6,11H2,1,3H3;1-2H3/b7-4-,12-8+;. The number of nitrogens with zero attached hydrogens (tertiary/aromatic N) is 2. The van der Waals surface area contributed by atoms with Gasteiger partial charge in [0.25, 0.3) is 0 Å². The summed E-state index contributed by atoms with van der Waals surface area (Å²) in [6.45, 7) is 12.8. The summed E-state index contributed by atoms with van der Waals surface area (Å²) in [5.74, 6) is 1.11. The van der Waals surface area contributed by atoms with Gasteiger partial charge in [-0.3, -0.25) is 0 Å². The average molecular weight is 232 g/mol. The normalized spacial score (nSPS) is 11.2. The van der Waals surface area contributed by atoms with Crippen LogP contribution in [0.15, 0.2) is 48.8 Å². The lowest BCUT2D eigenvalue weighted by Crippen LogP contribution is -2.03. The highest BCUT2D eigenvalue weighted by atomic mass is 15.1. The Labute approximate surface area is 105 Å². The van der Waals surface area contributed by atoms with E-state index >= 15 is 0 Å². The molecular weight excluding hydrogens is 208 g/mol. The molecule has 0 aromatic carbocycles. The summed E-state index contributed by atoms with van der Waals surface area (Å²) in [4.78, 5) is 4.29. The second-order valence-electron chi connectivity index (χ2n) is 3.30. The molecule has 0 N–H and O–H groups in total. The topological polar surface area (TPSA) is 17.8 Å². The Morgan fingerprint density at radius 3 is 2.71 bits per heavy atom. The van der Waals surface area contributed by atoms with Crippen molar-refractivity contribution in [3.05, 3.63) is 54.7 Å². The molecule has 0 fully saturated rings. The summed E-state index contributed by atoms with van der Waals surface area (Å²) >= 11 is 0. The van der Waals surface area contributed by atoms with Gasteiger partial charge in [0.1, 0.15) is 5.82 Å². The fraction of sp³-hybridized carbons (Fsp3) is 0.400. The summed E-state index contributed by atoms with van der Waals surface area (Å²) in [6.07, 6.45) is 12.8. The van der Waals surface area contributed by atoms with Crippen molar-refractivity contribution in [3.8, 4) is 0 Å². The van der Waals surface area contributed by atoms with Gasteiger partial charge in [-0.05, 0) is 12.5 Å². The maximum atomic E-state index is 4.29. The first kappa shape index (κ1) is 15.4. The molecular formula is C15H24N2. The maximum Gasteiger partial charge on any atom is 0.108 e. The Morgan fingerprint density at radius 1 is 1.47 bits per heavy atom. The van der Waals surface area contributed by atoms with E-state index in [2.05, 4.69) is 29.1 Å². The van der Waals surface area contributed by atoms with Crippen LogP contribution in [0.5, 0.6) is 0 Å². The van der Waals surface area contributed by atoms with Crippen LogP contribution in [0.1, 0.15) is 33.5 Å². The largest absolute Gasteiger partial charge is 0.331 e. The molecule has 0 saturated heterocycles. The van der Waals surface area contributed by atoms with Crippen LogP contribution in [0.25, 0.3) is 0 Å². The third-order valence-corrected chi connectivity index (χ3v) is 2.24. The van der Waals surface area contributed by atoms with Crippen molar-refractivity contribution < 1.29 is 0 Å². The van der Waals surface area contributed by atoms with Gasteiger partial charge >= 0.3 is 0 Å². The SMILES string of the molecule is C=C/C(=C\C=C/C)Cn1ccnc1CC.CC. The summed E-state index contributed by atoms with van der Waals surface area (Å²) in [7, 11) is 0. The fourth-order valence-electron chi connectivity index (χ4n) is 1.40. The second-order valence-corrected chi connectivity index (χ2v) is 3.30. The smallest absolute Gasteiger partial charge is 0.108 e. The Bertz CT molecular complexity index is 370. The average Bonchev–Trinajstić information content (AvgIpc) is 2.84. The molecule has 0 aliphatic carbocycles. The van der Waals surface area contributed by atoms with E-state index in [1.54, 1.807) is 0 Å². The van der Waals surface area contributed by atoms with Crippen LogP contribution < -0.4 is 0 Å². The third kappa shape index (κ3) is 5.34. The first-order chi connectivity index (χ1) is 8.31. The molecule has 0 atom stereocenters. The van der Waals surface area contributed by atoms with E-state index in [4.69, 9.17) is 0 Å². The van der Waals surface area contributed by atoms with E-state index in [9.17, 15) is 0 Å². The van der Waals surface area contributed by atoms with Gasteiger partial charge in [-0.25, -0.2) is 4.98 Å². The number of rotatable bonds is 5. The molecule has 2 nitrogen and oxygen atoms in total. The molecule has 0 bridgehead atoms. The molecule has 1 aromatic rings. The van der Waals surface area contributed by atoms with Crippen molar-refractivity contribution in [2.24, 2.45) is 0 Å². The summed E-state index contributed by atoms with van der Waals surface area (Å²) in [5.41, 5.74) is 1.20. The van der Waals surface area contributed by atoms with Crippen molar-refractivity contribution in [3.63, 3.8) is 0 Å². The number of aromatic nitrogens is 2. The zero-order chi connectivity index (χ0) is 13.1. The van der Waals surface area contributed by atoms with Gasteiger partial charge in [-0.15, -0.1) is 0 Å². The van der Waals surface area contributed by atoms with Crippen LogP contribution in [0.3, 0.4) is 0 Å². The van der Waals surface area contributed by atoms with Gasteiger partial charge in [0.2, 0.25) is 0 Å². The first-order valence-corrected chi connectivity index (χ1v) is 6.26. The molecule has 0 saturated carbocycles. The van der Waals surface area contributed by atoms with Crippen LogP contribution in [0.2, 0.25) is 0 Å². The van der Waals surface area contributed by atoms with Gasteiger partial charge in [0.05, 0.1) is 0 Å². The molecule has 1 rings (SSSR count). The van der Waals surface area contributed by atoms with Crippen LogP contribution in [-0.2, 0) is 13.0 Å². The Hall–Kier alpha value is -1.57. The Kier molecular flexibility index (Phi) is 8.75. The number of aryl methyl sites for hydroxylation is 1. The van der Waals surface area contributed by atoms with Gasteiger partial charge in [0, 0.05) is 25.4 Å². The lowest BCUT2D eigenvalue weighted by Gasteiger charge is -2.06. The highest BCUT2D eigenvalue weighted by Gasteiger charge is 2.00. The van der Waals surface area contributed by atoms with Gasteiger partial charge in [-0.1, -0.05) is 51.7 Å². The number of imidazole rings is 1. The minimum absolute atomic E-state index is 0.844. The van der Waals surface area contributed by atoms with Gasteiger partial charge < -0.3 is 4.57 Å². The molecule has 0 spiro atoms. The molecule has 0 radical (unpaired) electrons. The third-order valence-electron chi connectivity index (χ3n) is 2.24. The van der Waals surface area contributed by atoms with E-state index in [1.165, 1.54) is 5.57 Å². The summed E-state index contributed by atoms with van der Waals surface area (Å²) in [5, 5.41) is 0. The van der Waals surface area contributed by atoms with E-state index in [0.29, 0.717) is 0 Å². The quantitative estimate of drug-likeness (QED) is 0.697. The van der Waals surface area contributed by atoms with E-state index in [-0.39, 0.29) is 0 Å². The van der Waals surface area contributed by atoms with Gasteiger partial charge in [-0.2, -0.15) is 0 Å². The Balaban J connectivity index is 0.00000121. The number of allylic oxidation sites excluding steroid dienone is 5. The molecule has 0 aliphatic heterocycles. The van der Waals surface area contributed by atoms with Crippen LogP contribution in [0.4, 0.5) is 0 Å². The zero-order valence-electron chi connectivity index (χ0n) is 11.5. The molecule has 0 amide bonds. The molecule has 1 heterocycles. The zero-order valence-corrected chi connectivity index (χ0v) is 11.5. The molecule has 17 heavy (non-hydrogen) atoms. The Morgan fingerprint density at radius 2 is 2.18 bits per heavy atom.